The van der Waals surface area contributed by atoms with E-state index in [1.807, 2.05) is 0 Å². The van der Waals surface area contributed by atoms with E-state index in [2.05, 4.69) is 6.92 Å². The van der Waals surface area contributed by atoms with Gasteiger partial charge in [0.1, 0.15) is 0 Å². The van der Waals surface area contributed by atoms with Crippen LogP contribution in [0.15, 0.2) is 0 Å². The van der Waals surface area contributed by atoms with Crippen molar-refractivity contribution >= 4 is 60.6 Å². The standard InChI is InChI=1S/C8H16Cl5P/c1-2-3-4-5-6-8(9)7-14(10,11,12)13/h8H,2-7H2,1H3. The van der Waals surface area contributed by atoms with E-state index in [0.717, 1.165) is 12.8 Å². The molecule has 0 spiro atoms. The molecule has 0 aliphatic heterocycles. The van der Waals surface area contributed by atoms with Gasteiger partial charge in [-0.1, -0.05) is 0 Å². The summed E-state index contributed by atoms with van der Waals surface area (Å²) >= 11 is 29.1. The number of halogens is 5. The van der Waals surface area contributed by atoms with Crippen molar-refractivity contribution in [3.8, 4) is 0 Å². The van der Waals surface area contributed by atoms with Gasteiger partial charge in [0.25, 0.3) is 0 Å². The fourth-order valence-electron chi connectivity index (χ4n) is 1.18. The topological polar surface area (TPSA) is 0 Å². The summed E-state index contributed by atoms with van der Waals surface area (Å²) in [7, 11) is 0. The third-order valence-corrected chi connectivity index (χ3v) is 5.08. The van der Waals surface area contributed by atoms with Gasteiger partial charge in [-0.25, -0.2) is 0 Å². The van der Waals surface area contributed by atoms with Crippen molar-refractivity contribution in [3.05, 3.63) is 0 Å². The quantitative estimate of drug-likeness (QED) is 0.277. The Morgan fingerprint density at radius 3 is 2.00 bits per heavy atom. The Hall–Kier alpha value is 1.88. The number of alkyl halides is 1. The molecule has 0 N–H and O–H groups in total. The number of hydrogen-bond acceptors (Lipinski definition) is 0. The first kappa shape index (κ1) is 15.9. The molecule has 88 valence electrons. The van der Waals surface area contributed by atoms with Crippen LogP contribution in [0.25, 0.3) is 0 Å². The van der Waals surface area contributed by atoms with Gasteiger partial charge in [-0.15, -0.1) is 0 Å². The third kappa shape index (κ3) is 12.0. The van der Waals surface area contributed by atoms with Crippen LogP contribution < -0.4 is 0 Å². The van der Waals surface area contributed by atoms with Crippen LogP contribution in [-0.4, -0.2) is 11.5 Å². The van der Waals surface area contributed by atoms with Crippen molar-refractivity contribution in [2.24, 2.45) is 0 Å². The average molecular weight is 320 g/mol. The molecule has 0 bridgehead atoms. The zero-order chi connectivity index (χ0) is 11.3. The summed E-state index contributed by atoms with van der Waals surface area (Å²) in [5.41, 5.74) is 0. The predicted molar refractivity (Wildman–Crippen MR) is 73.6 cm³/mol. The SMILES string of the molecule is CCCCCCC(Cl)CP(Cl)(Cl)(Cl)Cl. The summed E-state index contributed by atoms with van der Waals surface area (Å²) in [6, 6.07) is 0. The first-order chi connectivity index (χ1) is 6.21. The molecule has 0 fully saturated rings. The first-order valence-electron chi connectivity index (χ1n) is 4.73. The van der Waals surface area contributed by atoms with Crippen molar-refractivity contribution in [1.29, 1.82) is 0 Å². The molecule has 0 aromatic carbocycles. The maximum atomic E-state index is 6.03. The molecular weight excluding hydrogens is 304 g/mol. The van der Waals surface area contributed by atoms with Gasteiger partial charge in [-0.2, -0.15) is 0 Å². The summed E-state index contributed by atoms with van der Waals surface area (Å²) in [5.74, 6) is 0. The monoisotopic (exact) mass is 318 g/mol. The van der Waals surface area contributed by atoms with Gasteiger partial charge in [0.2, 0.25) is 0 Å². The maximum absolute atomic E-state index is 6.03. The first-order valence-corrected chi connectivity index (χ1v) is 11.2. The van der Waals surface area contributed by atoms with Crippen molar-refractivity contribution in [2.45, 2.75) is 44.4 Å². The average Bonchev–Trinajstić information content (AvgIpc) is 1.93. The summed E-state index contributed by atoms with van der Waals surface area (Å²) in [6.45, 7) is 2.17. The van der Waals surface area contributed by atoms with E-state index in [1.165, 1.54) is 19.3 Å². The van der Waals surface area contributed by atoms with Crippen LogP contribution in [0.2, 0.25) is 0 Å². The van der Waals surface area contributed by atoms with E-state index in [9.17, 15) is 0 Å². The van der Waals surface area contributed by atoms with Crippen LogP contribution in [-0.2, 0) is 0 Å². The van der Waals surface area contributed by atoms with Gasteiger partial charge < -0.3 is 0 Å². The second-order valence-electron chi connectivity index (χ2n) is 3.49. The van der Waals surface area contributed by atoms with Crippen molar-refractivity contribution < 1.29 is 0 Å². The minimum absolute atomic E-state index is 0.116. The van der Waals surface area contributed by atoms with E-state index in [4.69, 9.17) is 56.6 Å². The molecule has 0 amide bonds. The van der Waals surface area contributed by atoms with Crippen LogP contribution in [0.1, 0.15) is 39.0 Å². The van der Waals surface area contributed by atoms with Gasteiger partial charge in [-0.05, 0) is 0 Å². The minimum atomic E-state index is -3.49. The van der Waals surface area contributed by atoms with Crippen molar-refractivity contribution in [2.75, 3.05) is 6.16 Å². The Kier molecular flexibility index (Phi) is 7.46. The fraction of sp³-hybridized carbons (Fsp3) is 1.00. The second-order valence-corrected chi connectivity index (χ2v) is 18.3. The number of unbranched alkanes of at least 4 members (excludes halogenated alkanes) is 3. The van der Waals surface area contributed by atoms with Crippen LogP contribution >= 0.6 is 60.6 Å². The van der Waals surface area contributed by atoms with Crippen LogP contribution in [0.3, 0.4) is 0 Å². The van der Waals surface area contributed by atoms with E-state index in [-0.39, 0.29) is 5.38 Å². The molecule has 0 saturated heterocycles. The molecule has 0 aromatic heterocycles. The molecule has 14 heavy (non-hydrogen) atoms. The molecule has 6 heteroatoms. The van der Waals surface area contributed by atoms with Crippen molar-refractivity contribution in [3.63, 3.8) is 0 Å². The molecule has 0 nitrogen and oxygen atoms in total. The zero-order valence-electron chi connectivity index (χ0n) is 8.16. The van der Waals surface area contributed by atoms with Crippen LogP contribution in [0.5, 0.6) is 0 Å². The molecule has 0 heterocycles. The van der Waals surface area contributed by atoms with Crippen LogP contribution in [0.4, 0.5) is 0 Å². The third-order valence-electron chi connectivity index (χ3n) is 1.85. The summed E-state index contributed by atoms with van der Waals surface area (Å²) in [4.78, 5) is 0. The second kappa shape index (κ2) is 6.58. The van der Waals surface area contributed by atoms with Gasteiger partial charge in [0.05, 0.1) is 0 Å². The Morgan fingerprint density at radius 1 is 1.00 bits per heavy atom. The van der Waals surface area contributed by atoms with Crippen LogP contribution in [0, 0.1) is 0 Å². The predicted octanol–water partition coefficient (Wildman–Crippen LogP) is 6.73. The molecule has 0 aliphatic carbocycles. The summed E-state index contributed by atoms with van der Waals surface area (Å²) < 4.78 is -3.49. The molecular formula is C8H16Cl5P. The van der Waals surface area contributed by atoms with E-state index >= 15 is 0 Å². The normalized spacial score (nSPS) is 17.4. The molecule has 0 saturated carbocycles. The Balaban J connectivity index is 3.61. The van der Waals surface area contributed by atoms with Gasteiger partial charge in [0.15, 0.2) is 0 Å². The fourth-order valence-corrected chi connectivity index (χ4v) is 5.79. The van der Waals surface area contributed by atoms with E-state index in [1.54, 1.807) is 0 Å². The van der Waals surface area contributed by atoms with Gasteiger partial charge in [-0.3, -0.25) is 0 Å². The molecule has 0 radical (unpaired) electrons. The summed E-state index contributed by atoms with van der Waals surface area (Å²) in [6.07, 6.45) is 5.88. The van der Waals surface area contributed by atoms with Gasteiger partial charge in [0, 0.05) is 0 Å². The Bertz CT molecular complexity index is 156. The van der Waals surface area contributed by atoms with E-state index < -0.39 is 4.01 Å². The number of hydrogen-bond donors (Lipinski definition) is 0. The molecule has 1 atom stereocenters. The molecule has 0 aromatic rings. The number of rotatable bonds is 7. The summed E-state index contributed by atoms with van der Waals surface area (Å²) in [5, 5.41) is -0.116. The molecule has 1 unspecified atom stereocenters. The zero-order valence-corrected chi connectivity index (χ0v) is 12.8. The van der Waals surface area contributed by atoms with Gasteiger partial charge >= 0.3 is 111 Å². The van der Waals surface area contributed by atoms with E-state index in [0.29, 0.717) is 6.16 Å². The molecule has 0 rings (SSSR count). The van der Waals surface area contributed by atoms with Crippen molar-refractivity contribution in [1.82, 2.24) is 0 Å². The Morgan fingerprint density at radius 2 is 1.57 bits per heavy atom. The molecule has 0 aliphatic rings. The Labute approximate surface area is 111 Å².